The third kappa shape index (κ3) is 4.81. The largest absolute Gasteiger partial charge is 0.384 e. The number of pyridine rings is 2. The second-order valence-corrected chi connectivity index (χ2v) is 9.34. The molecule has 0 bridgehead atoms. The Balaban J connectivity index is 1.11. The summed E-state index contributed by atoms with van der Waals surface area (Å²) >= 11 is 0. The predicted molar refractivity (Wildman–Crippen MR) is 136 cm³/mol. The normalized spacial score (nSPS) is 16.5. The van der Waals surface area contributed by atoms with E-state index in [1.165, 1.54) is 5.56 Å². The van der Waals surface area contributed by atoms with Crippen LogP contribution in [0.3, 0.4) is 0 Å². The van der Waals surface area contributed by atoms with Gasteiger partial charge in [0.15, 0.2) is 0 Å². The number of carbonyl (C=O) groups excluding carboxylic acids is 1. The van der Waals surface area contributed by atoms with Crippen molar-refractivity contribution >= 4 is 34.5 Å². The number of nitrogen functional groups attached to an aromatic ring is 1. The van der Waals surface area contributed by atoms with Gasteiger partial charge in [0.05, 0.1) is 11.0 Å². The van der Waals surface area contributed by atoms with Crippen molar-refractivity contribution in [3.8, 4) is 11.1 Å². The Morgan fingerprint density at radius 3 is 2.60 bits per heavy atom. The average Bonchev–Trinajstić information content (AvgIpc) is 3.64. The molecule has 1 amide bonds. The molecule has 0 unspecified atom stereocenters. The van der Waals surface area contributed by atoms with Crippen LogP contribution in [0, 0.1) is 5.92 Å². The van der Waals surface area contributed by atoms with Crippen LogP contribution in [0.15, 0.2) is 54.9 Å². The topological polar surface area (TPSA) is 116 Å². The number of rotatable bonds is 6. The standard InChI is InChI=1S/C26H28N8O/c27-23-15-20(6-8-28-23)19-3-4-21-22(14-19)31-26(30-21)32-24-13-17(5-7-29-24)16-33-9-11-34(12-10-33)25(35)18-1-2-18/h3-8,13-15,18H,1-2,9-12,16H2,(H2,27,28)(H2,29,30,31,32). The number of nitrogens with zero attached hydrogens (tertiary/aromatic N) is 5. The highest BCUT2D eigenvalue weighted by Crippen LogP contribution is 2.31. The van der Waals surface area contributed by atoms with Crippen LogP contribution in [0.4, 0.5) is 17.6 Å². The van der Waals surface area contributed by atoms with Gasteiger partial charge in [-0.05, 0) is 65.9 Å². The maximum atomic E-state index is 12.3. The van der Waals surface area contributed by atoms with Gasteiger partial charge in [0.1, 0.15) is 11.6 Å². The third-order valence-electron chi connectivity index (χ3n) is 6.68. The number of aromatic amines is 1. The number of benzene rings is 1. The van der Waals surface area contributed by atoms with Crippen molar-refractivity contribution in [3.63, 3.8) is 0 Å². The fraction of sp³-hybridized carbons (Fsp3) is 0.308. The van der Waals surface area contributed by atoms with E-state index in [1.54, 1.807) is 6.20 Å². The van der Waals surface area contributed by atoms with E-state index in [0.29, 0.717) is 23.6 Å². The number of aromatic nitrogens is 4. The van der Waals surface area contributed by atoms with E-state index in [9.17, 15) is 4.79 Å². The van der Waals surface area contributed by atoms with Crippen LogP contribution < -0.4 is 11.1 Å². The summed E-state index contributed by atoms with van der Waals surface area (Å²) in [5.41, 5.74) is 10.9. The van der Waals surface area contributed by atoms with Crippen LogP contribution in [0.2, 0.25) is 0 Å². The number of piperazine rings is 1. The van der Waals surface area contributed by atoms with Crippen molar-refractivity contribution in [1.82, 2.24) is 29.7 Å². The van der Waals surface area contributed by atoms with E-state index in [1.807, 2.05) is 41.4 Å². The molecule has 0 radical (unpaired) electrons. The van der Waals surface area contributed by atoms with Gasteiger partial charge in [-0.25, -0.2) is 15.0 Å². The summed E-state index contributed by atoms with van der Waals surface area (Å²) in [4.78, 5) is 33.2. The Labute approximate surface area is 203 Å². The number of H-pyrrole nitrogens is 1. The zero-order valence-electron chi connectivity index (χ0n) is 19.4. The van der Waals surface area contributed by atoms with Gasteiger partial charge in [-0.2, -0.15) is 0 Å². The maximum Gasteiger partial charge on any atom is 0.225 e. The molecule has 9 nitrogen and oxygen atoms in total. The molecular formula is C26H28N8O. The fourth-order valence-corrected chi connectivity index (χ4v) is 4.61. The molecule has 6 rings (SSSR count). The lowest BCUT2D eigenvalue weighted by Crippen LogP contribution is -2.48. The molecule has 1 aliphatic carbocycles. The van der Waals surface area contributed by atoms with Crippen LogP contribution in [-0.4, -0.2) is 61.8 Å². The molecule has 35 heavy (non-hydrogen) atoms. The Kier molecular flexibility index (Phi) is 5.54. The van der Waals surface area contributed by atoms with Gasteiger partial charge in [0, 0.05) is 51.0 Å². The second kappa shape index (κ2) is 8.99. The SMILES string of the molecule is Nc1cc(-c2ccc3nc(Nc4cc(CN5CCN(C(=O)C6CC6)CC5)ccn4)[nH]c3c2)ccn1. The van der Waals surface area contributed by atoms with Crippen molar-refractivity contribution in [1.29, 1.82) is 0 Å². The molecule has 9 heteroatoms. The van der Waals surface area contributed by atoms with Crippen molar-refractivity contribution in [3.05, 3.63) is 60.4 Å². The molecule has 4 aromatic rings. The molecule has 4 heterocycles. The molecule has 1 aliphatic heterocycles. The quantitative estimate of drug-likeness (QED) is 0.397. The summed E-state index contributed by atoms with van der Waals surface area (Å²) in [6.07, 6.45) is 5.66. The minimum Gasteiger partial charge on any atom is -0.384 e. The van der Waals surface area contributed by atoms with Crippen molar-refractivity contribution in [2.75, 3.05) is 37.2 Å². The van der Waals surface area contributed by atoms with E-state index in [-0.39, 0.29) is 0 Å². The second-order valence-electron chi connectivity index (χ2n) is 9.34. The van der Waals surface area contributed by atoms with Crippen LogP contribution in [0.25, 0.3) is 22.2 Å². The highest BCUT2D eigenvalue weighted by molar-refractivity contribution is 5.84. The fourth-order valence-electron chi connectivity index (χ4n) is 4.61. The first-order valence-corrected chi connectivity index (χ1v) is 12.1. The van der Waals surface area contributed by atoms with Gasteiger partial charge in [-0.1, -0.05) is 6.07 Å². The number of amides is 1. The molecule has 0 atom stereocenters. The zero-order chi connectivity index (χ0) is 23.8. The van der Waals surface area contributed by atoms with Crippen LogP contribution in [0.5, 0.6) is 0 Å². The molecule has 1 aromatic carbocycles. The molecule has 4 N–H and O–H groups in total. The highest BCUT2D eigenvalue weighted by atomic mass is 16.2. The summed E-state index contributed by atoms with van der Waals surface area (Å²) < 4.78 is 0. The van der Waals surface area contributed by atoms with Crippen LogP contribution in [0.1, 0.15) is 18.4 Å². The first kappa shape index (κ1) is 21.5. The lowest BCUT2D eigenvalue weighted by atomic mass is 10.1. The van der Waals surface area contributed by atoms with Crippen molar-refractivity contribution < 1.29 is 4.79 Å². The molecule has 2 fully saturated rings. The third-order valence-corrected chi connectivity index (χ3v) is 6.68. The maximum absolute atomic E-state index is 12.3. The van der Waals surface area contributed by atoms with E-state index in [2.05, 4.69) is 42.3 Å². The first-order chi connectivity index (χ1) is 17.1. The number of nitrogens with two attached hydrogens (primary N) is 1. The Morgan fingerprint density at radius 2 is 1.80 bits per heavy atom. The van der Waals surface area contributed by atoms with E-state index in [0.717, 1.165) is 73.5 Å². The van der Waals surface area contributed by atoms with Crippen molar-refractivity contribution in [2.24, 2.45) is 5.92 Å². The molecule has 1 saturated carbocycles. The molecule has 3 aromatic heterocycles. The highest BCUT2D eigenvalue weighted by Gasteiger charge is 2.34. The number of anilines is 3. The van der Waals surface area contributed by atoms with Gasteiger partial charge < -0.3 is 20.9 Å². The number of nitrogens with one attached hydrogen (secondary N) is 2. The lowest BCUT2D eigenvalue weighted by molar-refractivity contribution is -0.134. The Bertz CT molecular complexity index is 1370. The zero-order valence-corrected chi connectivity index (χ0v) is 19.4. The van der Waals surface area contributed by atoms with Gasteiger partial charge in [-0.15, -0.1) is 0 Å². The predicted octanol–water partition coefficient (Wildman–Crippen LogP) is 3.40. The van der Waals surface area contributed by atoms with Crippen LogP contribution in [-0.2, 0) is 11.3 Å². The Morgan fingerprint density at radius 1 is 1.00 bits per heavy atom. The van der Waals surface area contributed by atoms with Gasteiger partial charge in [0.2, 0.25) is 11.9 Å². The summed E-state index contributed by atoms with van der Waals surface area (Å²) in [5.74, 6) is 2.53. The first-order valence-electron chi connectivity index (χ1n) is 12.1. The summed E-state index contributed by atoms with van der Waals surface area (Å²) in [6, 6.07) is 14.0. The number of imidazole rings is 1. The summed E-state index contributed by atoms with van der Waals surface area (Å²) in [5, 5.41) is 3.30. The number of fused-ring (bicyclic) bond motifs is 1. The molecule has 0 spiro atoms. The van der Waals surface area contributed by atoms with E-state index >= 15 is 0 Å². The smallest absolute Gasteiger partial charge is 0.225 e. The lowest BCUT2D eigenvalue weighted by Gasteiger charge is -2.34. The summed E-state index contributed by atoms with van der Waals surface area (Å²) in [7, 11) is 0. The van der Waals surface area contributed by atoms with E-state index < -0.39 is 0 Å². The average molecular weight is 469 g/mol. The number of hydrogen-bond donors (Lipinski definition) is 3. The molecule has 2 aliphatic rings. The number of hydrogen-bond acceptors (Lipinski definition) is 7. The minimum atomic E-state index is 0.301. The van der Waals surface area contributed by atoms with Gasteiger partial charge >= 0.3 is 0 Å². The molecular weight excluding hydrogens is 440 g/mol. The van der Waals surface area contributed by atoms with Gasteiger partial charge in [0.25, 0.3) is 0 Å². The monoisotopic (exact) mass is 468 g/mol. The van der Waals surface area contributed by atoms with E-state index in [4.69, 9.17) is 5.73 Å². The Hall–Kier alpha value is -3.98. The van der Waals surface area contributed by atoms with Crippen LogP contribution >= 0.6 is 0 Å². The van der Waals surface area contributed by atoms with Gasteiger partial charge in [-0.3, -0.25) is 9.69 Å². The minimum absolute atomic E-state index is 0.301. The van der Waals surface area contributed by atoms with Crippen molar-refractivity contribution in [2.45, 2.75) is 19.4 Å². The molecule has 1 saturated heterocycles. The molecule has 178 valence electrons. The summed E-state index contributed by atoms with van der Waals surface area (Å²) in [6.45, 7) is 4.27. The number of carbonyl (C=O) groups is 1.